The van der Waals surface area contributed by atoms with Crippen molar-refractivity contribution in [3.8, 4) is 5.75 Å². The second kappa shape index (κ2) is 5.88. The number of hydrogen-bond acceptors (Lipinski definition) is 5. The number of nitrogens with zero attached hydrogens (tertiary/aromatic N) is 1. The molecule has 8 heteroatoms. The van der Waals surface area contributed by atoms with Gasteiger partial charge in [-0.3, -0.25) is 14.9 Å². The van der Waals surface area contributed by atoms with Crippen molar-refractivity contribution in [1.82, 2.24) is 5.32 Å². The number of carbonyl (C=O) groups excluding carboxylic acids is 3. The molecule has 2 N–H and O–H groups in total. The zero-order valence-corrected chi connectivity index (χ0v) is 12.9. The van der Waals surface area contributed by atoms with Gasteiger partial charge in [0.25, 0.3) is 5.71 Å². The van der Waals surface area contributed by atoms with Crippen LogP contribution in [0.4, 0.5) is 0 Å². The molecule has 8 nitrogen and oxygen atoms in total. The SMILES string of the molecule is C[C@H](Oc1cccc2c1C[N+](=C1CCC(=O)NC1=O)C2=O)C(=O)O. The Bertz CT molecular complexity index is 811. The number of imide groups is 1. The lowest BCUT2D eigenvalue weighted by atomic mass is 10.1. The number of aliphatic carboxylic acids is 1. The Labute approximate surface area is 136 Å². The molecule has 1 fully saturated rings. The van der Waals surface area contributed by atoms with E-state index in [-0.39, 0.29) is 36.9 Å². The molecule has 124 valence electrons. The quantitative estimate of drug-likeness (QED) is 0.599. The molecular weight excluding hydrogens is 316 g/mol. The highest BCUT2D eigenvalue weighted by molar-refractivity contribution is 6.42. The van der Waals surface area contributed by atoms with Gasteiger partial charge < -0.3 is 9.84 Å². The molecule has 0 spiro atoms. The fourth-order valence-corrected chi connectivity index (χ4v) is 2.74. The zero-order valence-electron chi connectivity index (χ0n) is 12.9. The lowest BCUT2D eigenvalue weighted by molar-refractivity contribution is -0.438. The van der Waals surface area contributed by atoms with E-state index in [2.05, 4.69) is 5.32 Å². The summed E-state index contributed by atoms with van der Waals surface area (Å²) in [5, 5.41) is 11.2. The van der Waals surface area contributed by atoms with E-state index in [4.69, 9.17) is 9.84 Å². The summed E-state index contributed by atoms with van der Waals surface area (Å²) in [6.07, 6.45) is -0.740. The minimum absolute atomic E-state index is 0.105. The van der Waals surface area contributed by atoms with E-state index in [9.17, 15) is 19.2 Å². The first-order chi connectivity index (χ1) is 11.4. The lowest BCUT2D eigenvalue weighted by Gasteiger charge is -2.12. The van der Waals surface area contributed by atoms with Crippen LogP contribution in [0.15, 0.2) is 18.2 Å². The van der Waals surface area contributed by atoms with Gasteiger partial charge in [0.1, 0.15) is 11.3 Å². The van der Waals surface area contributed by atoms with Crippen LogP contribution in [0.3, 0.4) is 0 Å². The highest BCUT2D eigenvalue weighted by Crippen LogP contribution is 2.30. The maximum Gasteiger partial charge on any atom is 0.420 e. The second-order valence-electron chi connectivity index (χ2n) is 5.60. The van der Waals surface area contributed by atoms with E-state index >= 15 is 0 Å². The zero-order chi connectivity index (χ0) is 17.4. The Morgan fingerprint density at radius 2 is 2.04 bits per heavy atom. The Hall–Kier alpha value is -3.03. The summed E-state index contributed by atoms with van der Waals surface area (Å²) in [5.41, 5.74) is 1.13. The number of rotatable bonds is 3. The lowest BCUT2D eigenvalue weighted by Crippen LogP contribution is -2.45. The Kier molecular flexibility index (Phi) is 3.88. The van der Waals surface area contributed by atoms with Crippen LogP contribution in [-0.4, -0.2) is 45.2 Å². The molecule has 2 aliphatic rings. The van der Waals surface area contributed by atoms with Crippen LogP contribution in [0.1, 0.15) is 35.7 Å². The van der Waals surface area contributed by atoms with Crippen LogP contribution >= 0.6 is 0 Å². The first-order valence-electron chi connectivity index (χ1n) is 7.41. The molecule has 1 saturated heterocycles. The van der Waals surface area contributed by atoms with Crippen molar-refractivity contribution in [2.45, 2.75) is 32.4 Å². The molecule has 24 heavy (non-hydrogen) atoms. The van der Waals surface area contributed by atoms with Crippen LogP contribution in [0.2, 0.25) is 0 Å². The molecular formula is C16H15N2O6+. The van der Waals surface area contributed by atoms with Gasteiger partial charge in [-0.15, -0.1) is 0 Å². The monoisotopic (exact) mass is 331 g/mol. The smallest absolute Gasteiger partial charge is 0.420 e. The van der Waals surface area contributed by atoms with Crippen molar-refractivity contribution < 1.29 is 33.6 Å². The third-order valence-electron chi connectivity index (χ3n) is 4.01. The molecule has 0 unspecified atom stereocenters. The summed E-state index contributed by atoms with van der Waals surface area (Å²) in [7, 11) is 0. The average molecular weight is 331 g/mol. The van der Waals surface area contributed by atoms with Crippen LogP contribution in [0.5, 0.6) is 5.75 Å². The molecule has 2 aliphatic heterocycles. The molecule has 3 rings (SSSR count). The van der Waals surface area contributed by atoms with Crippen molar-refractivity contribution in [2.75, 3.05) is 0 Å². The molecule has 3 amide bonds. The molecule has 0 saturated carbocycles. The first-order valence-corrected chi connectivity index (χ1v) is 7.41. The molecule has 0 bridgehead atoms. The summed E-state index contributed by atoms with van der Waals surface area (Å²) in [5.74, 6) is -2.13. The van der Waals surface area contributed by atoms with Gasteiger partial charge in [-0.2, -0.15) is 4.58 Å². The van der Waals surface area contributed by atoms with Crippen molar-refractivity contribution >= 4 is 29.4 Å². The standard InChI is InChI=1S/C16H14N2O6/c1-8(16(22)23)24-12-4-2-3-9-10(12)7-18(15(9)21)11-5-6-13(19)17-14(11)20/h2-4,8H,5-7H2,1H3,(H-,17,19,20,22,23)/p+1/t8-/m0/s1. The number of carboxylic acid groups (broad SMARTS) is 1. The van der Waals surface area contributed by atoms with E-state index in [0.717, 1.165) is 0 Å². The van der Waals surface area contributed by atoms with Gasteiger partial charge in [-0.05, 0) is 19.1 Å². The molecule has 0 radical (unpaired) electrons. The number of amides is 3. The number of carbonyl (C=O) groups is 4. The molecule has 0 aliphatic carbocycles. The predicted molar refractivity (Wildman–Crippen MR) is 79.9 cm³/mol. The van der Waals surface area contributed by atoms with E-state index < -0.39 is 18.0 Å². The molecule has 2 heterocycles. The van der Waals surface area contributed by atoms with Gasteiger partial charge in [0.15, 0.2) is 12.6 Å². The number of fused-ring (bicyclic) bond motifs is 1. The van der Waals surface area contributed by atoms with Crippen molar-refractivity contribution in [3.63, 3.8) is 0 Å². The largest absolute Gasteiger partial charge is 0.479 e. The highest BCUT2D eigenvalue weighted by Gasteiger charge is 2.41. The van der Waals surface area contributed by atoms with Crippen molar-refractivity contribution in [3.05, 3.63) is 29.3 Å². The minimum atomic E-state index is -1.12. The highest BCUT2D eigenvalue weighted by atomic mass is 16.5. The van der Waals surface area contributed by atoms with Crippen LogP contribution < -0.4 is 10.1 Å². The average Bonchev–Trinajstić information content (AvgIpc) is 2.85. The maximum atomic E-state index is 12.6. The molecule has 1 aromatic rings. The van der Waals surface area contributed by atoms with E-state index in [0.29, 0.717) is 16.9 Å². The Morgan fingerprint density at radius 3 is 2.71 bits per heavy atom. The summed E-state index contributed by atoms with van der Waals surface area (Å²) >= 11 is 0. The van der Waals surface area contributed by atoms with Gasteiger partial charge in [0.05, 0.1) is 5.56 Å². The van der Waals surface area contributed by atoms with Gasteiger partial charge in [0.2, 0.25) is 5.91 Å². The third kappa shape index (κ3) is 2.66. The van der Waals surface area contributed by atoms with E-state index in [1.165, 1.54) is 11.5 Å². The first kappa shape index (κ1) is 15.9. The predicted octanol–water partition coefficient (Wildman–Crippen LogP) is 0.0824. The van der Waals surface area contributed by atoms with Gasteiger partial charge >= 0.3 is 17.8 Å². The van der Waals surface area contributed by atoms with Crippen molar-refractivity contribution in [1.29, 1.82) is 0 Å². The number of benzene rings is 1. The normalized spacial score (nSPS) is 21.3. The topological polar surface area (TPSA) is 113 Å². The van der Waals surface area contributed by atoms with Crippen LogP contribution in [0, 0.1) is 0 Å². The fraction of sp³-hybridized carbons (Fsp3) is 0.312. The van der Waals surface area contributed by atoms with Gasteiger partial charge in [-0.25, -0.2) is 9.59 Å². The van der Waals surface area contributed by atoms with Gasteiger partial charge in [-0.1, -0.05) is 6.07 Å². The van der Waals surface area contributed by atoms with Crippen molar-refractivity contribution in [2.24, 2.45) is 0 Å². The fourth-order valence-electron chi connectivity index (χ4n) is 2.74. The van der Waals surface area contributed by atoms with Gasteiger partial charge in [0, 0.05) is 12.8 Å². The van der Waals surface area contributed by atoms with E-state index in [1.807, 2.05) is 0 Å². The third-order valence-corrected chi connectivity index (χ3v) is 4.01. The number of hydrogen-bond donors (Lipinski definition) is 2. The number of nitrogens with one attached hydrogen (secondary N) is 1. The number of carboxylic acids is 1. The molecule has 1 atom stereocenters. The summed E-state index contributed by atoms with van der Waals surface area (Å²) in [6, 6.07) is 4.78. The molecule has 1 aromatic carbocycles. The second-order valence-corrected chi connectivity index (χ2v) is 5.60. The van der Waals surface area contributed by atoms with E-state index in [1.54, 1.807) is 18.2 Å². The Balaban J connectivity index is 1.97. The summed E-state index contributed by atoms with van der Waals surface area (Å²) in [4.78, 5) is 46.7. The summed E-state index contributed by atoms with van der Waals surface area (Å²) < 4.78 is 6.71. The number of piperidine rings is 1. The Morgan fingerprint density at radius 1 is 1.29 bits per heavy atom. The van der Waals surface area contributed by atoms with Crippen LogP contribution in [0.25, 0.3) is 0 Å². The number of ether oxygens (including phenoxy) is 1. The maximum absolute atomic E-state index is 12.6. The molecule has 0 aromatic heterocycles. The summed E-state index contributed by atoms with van der Waals surface area (Å²) in [6.45, 7) is 1.50. The van der Waals surface area contributed by atoms with Crippen LogP contribution in [-0.2, 0) is 20.9 Å². The minimum Gasteiger partial charge on any atom is -0.479 e.